The van der Waals surface area contributed by atoms with Crippen LogP contribution in [-0.4, -0.2) is 56.1 Å². The summed E-state index contributed by atoms with van der Waals surface area (Å²) in [5.74, 6) is 0.797. The van der Waals surface area contributed by atoms with Gasteiger partial charge in [0, 0.05) is 30.2 Å². The highest BCUT2D eigenvalue weighted by atomic mass is 35.5. The normalized spacial score (nSPS) is 19.0. The van der Waals surface area contributed by atoms with Crippen molar-refractivity contribution in [2.45, 2.75) is 18.8 Å². The van der Waals surface area contributed by atoms with E-state index in [-0.39, 0.29) is 12.7 Å². The standard InChI is InChI=1S/C21H26ClNO4/c1-25-20-5-3-2-4-17(20)14-26-15-19(24)12-23-10-11-27-21(13-23)16-6-8-18(22)9-7-16/h2-9,19,21,24H,10-15H2,1H3/t19-,21-/m0/s1. The quantitative estimate of drug-likeness (QED) is 0.748. The molecule has 5 nitrogen and oxygen atoms in total. The van der Waals surface area contributed by atoms with E-state index in [9.17, 15) is 5.11 Å². The maximum atomic E-state index is 10.3. The molecule has 1 aliphatic rings. The largest absolute Gasteiger partial charge is 0.496 e. The Morgan fingerprint density at radius 3 is 2.78 bits per heavy atom. The third kappa shape index (κ3) is 5.92. The summed E-state index contributed by atoms with van der Waals surface area (Å²) in [7, 11) is 1.64. The zero-order valence-electron chi connectivity index (χ0n) is 15.5. The van der Waals surface area contributed by atoms with Gasteiger partial charge in [-0.05, 0) is 23.8 Å². The molecule has 1 heterocycles. The van der Waals surface area contributed by atoms with Crippen LogP contribution in [-0.2, 0) is 16.1 Å². The predicted molar refractivity (Wildman–Crippen MR) is 105 cm³/mol. The van der Waals surface area contributed by atoms with Gasteiger partial charge in [0.2, 0.25) is 0 Å². The minimum Gasteiger partial charge on any atom is -0.496 e. The second kappa shape index (κ2) is 10.1. The van der Waals surface area contributed by atoms with E-state index in [1.165, 1.54) is 0 Å². The van der Waals surface area contributed by atoms with Gasteiger partial charge in [0.25, 0.3) is 0 Å². The van der Waals surface area contributed by atoms with Crippen LogP contribution in [0.4, 0.5) is 0 Å². The molecular weight excluding hydrogens is 366 g/mol. The molecule has 2 aromatic rings. The van der Waals surface area contributed by atoms with Gasteiger partial charge in [-0.3, -0.25) is 4.90 Å². The number of aliphatic hydroxyl groups excluding tert-OH is 1. The van der Waals surface area contributed by atoms with Gasteiger partial charge in [-0.1, -0.05) is 41.9 Å². The number of ether oxygens (including phenoxy) is 3. The lowest BCUT2D eigenvalue weighted by Gasteiger charge is -2.34. The Balaban J connectivity index is 1.44. The maximum Gasteiger partial charge on any atom is 0.124 e. The smallest absolute Gasteiger partial charge is 0.124 e. The van der Waals surface area contributed by atoms with Crippen LogP contribution in [0.3, 0.4) is 0 Å². The van der Waals surface area contributed by atoms with Crippen molar-refractivity contribution in [2.75, 3.05) is 40.0 Å². The molecule has 6 heteroatoms. The van der Waals surface area contributed by atoms with Crippen LogP contribution in [0.25, 0.3) is 0 Å². The number of aliphatic hydroxyl groups is 1. The van der Waals surface area contributed by atoms with E-state index in [0.717, 1.165) is 30.0 Å². The Morgan fingerprint density at radius 1 is 1.22 bits per heavy atom. The topological polar surface area (TPSA) is 51.2 Å². The molecule has 27 heavy (non-hydrogen) atoms. The van der Waals surface area contributed by atoms with Gasteiger partial charge in [-0.15, -0.1) is 0 Å². The second-order valence-corrected chi connectivity index (χ2v) is 7.09. The van der Waals surface area contributed by atoms with Crippen molar-refractivity contribution >= 4 is 11.6 Å². The zero-order valence-corrected chi connectivity index (χ0v) is 16.3. The minimum atomic E-state index is -0.552. The van der Waals surface area contributed by atoms with E-state index in [1.807, 2.05) is 48.5 Å². The zero-order chi connectivity index (χ0) is 19.1. The SMILES string of the molecule is COc1ccccc1COC[C@@H](O)CN1CCO[C@H](c2ccc(Cl)cc2)C1. The first-order valence-corrected chi connectivity index (χ1v) is 9.50. The first-order valence-electron chi connectivity index (χ1n) is 9.13. The van der Waals surface area contributed by atoms with Crippen molar-refractivity contribution in [3.05, 3.63) is 64.7 Å². The van der Waals surface area contributed by atoms with Gasteiger partial charge in [0.05, 0.1) is 39.1 Å². The first-order chi connectivity index (χ1) is 13.2. The van der Waals surface area contributed by atoms with Crippen LogP contribution in [0.2, 0.25) is 5.02 Å². The summed E-state index contributed by atoms with van der Waals surface area (Å²) in [6.07, 6.45) is -0.554. The van der Waals surface area contributed by atoms with Crippen LogP contribution in [0.5, 0.6) is 5.75 Å². The molecule has 1 fully saturated rings. The Labute approximate surface area is 165 Å². The van der Waals surface area contributed by atoms with Crippen molar-refractivity contribution in [1.82, 2.24) is 4.90 Å². The molecular formula is C21H26ClNO4. The summed E-state index contributed by atoms with van der Waals surface area (Å²) < 4.78 is 16.9. The van der Waals surface area contributed by atoms with E-state index in [4.69, 9.17) is 25.8 Å². The average molecular weight is 392 g/mol. The van der Waals surface area contributed by atoms with Gasteiger partial charge in [0.1, 0.15) is 5.75 Å². The van der Waals surface area contributed by atoms with Gasteiger partial charge >= 0.3 is 0 Å². The van der Waals surface area contributed by atoms with Crippen molar-refractivity contribution in [3.63, 3.8) is 0 Å². The van der Waals surface area contributed by atoms with E-state index in [1.54, 1.807) is 7.11 Å². The Morgan fingerprint density at radius 2 is 2.00 bits per heavy atom. The molecule has 0 spiro atoms. The fourth-order valence-corrected chi connectivity index (χ4v) is 3.35. The van der Waals surface area contributed by atoms with Crippen LogP contribution in [0, 0.1) is 0 Å². The minimum absolute atomic E-state index is 0.00212. The first kappa shape index (κ1) is 20.1. The number of benzene rings is 2. The number of hydrogen-bond donors (Lipinski definition) is 1. The molecule has 146 valence electrons. The molecule has 0 aliphatic carbocycles. The highest BCUT2D eigenvalue weighted by Crippen LogP contribution is 2.24. The summed E-state index contributed by atoms with van der Waals surface area (Å²) in [4.78, 5) is 2.21. The van der Waals surface area contributed by atoms with Crippen LogP contribution < -0.4 is 4.74 Å². The number of para-hydroxylation sites is 1. The fraction of sp³-hybridized carbons (Fsp3) is 0.429. The average Bonchev–Trinajstić information content (AvgIpc) is 2.69. The number of rotatable bonds is 8. The van der Waals surface area contributed by atoms with E-state index in [0.29, 0.717) is 24.8 Å². The molecule has 1 saturated heterocycles. The van der Waals surface area contributed by atoms with Crippen LogP contribution in [0.1, 0.15) is 17.2 Å². The summed E-state index contributed by atoms with van der Waals surface area (Å²) in [5, 5.41) is 11.1. The molecule has 0 saturated carbocycles. The van der Waals surface area contributed by atoms with Crippen molar-refractivity contribution in [1.29, 1.82) is 0 Å². The van der Waals surface area contributed by atoms with Crippen molar-refractivity contribution in [2.24, 2.45) is 0 Å². The monoisotopic (exact) mass is 391 g/mol. The van der Waals surface area contributed by atoms with Crippen molar-refractivity contribution in [3.8, 4) is 5.75 Å². The molecule has 2 aromatic carbocycles. The molecule has 0 amide bonds. The third-order valence-electron chi connectivity index (χ3n) is 4.62. The molecule has 1 N–H and O–H groups in total. The Hall–Kier alpha value is -1.63. The maximum absolute atomic E-state index is 10.3. The van der Waals surface area contributed by atoms with Crippen LogP contribution in [0.15, 0.2) is 48.5 Å². The van der Waals surface area contributed by atoms with Crippen LogP contribution >= 0.6 is 11.6 Å². The highest BCUT2D eigenvalue weighted by molar-refractivity contribution is 6.30. The third-order valence-corrected chi connectivity index (χ3v) is 4.87. The molecule has 0 unspecified atom stereocenters. The second-order valence-electron chi connectivity index (χ2n) is 6.65. The predicted octanol–water partition coefficient (Wildman–Crippen LogP) is 3.30. The summed E-state index contributed by atoms with van der Waals surface area (Å²) in [5.41, 5.74) is 2.08. The van der Waals surface area contributed by atoms with E-state index >= 15 is 0 Å². The lowest BCUT2D eigenvalue weighted by molar-refractivity contribution is -0.0537. The summed E-state index contributed by atoms with van der Waals surface area (Å²) >= 11 is 5.95. The Bertz CT molecular complexity index is 710. The number of halogens is 1. The van der Waals surface area contributed by atoms with Gasteiger partial charge in [-0.2, -0.15) is 0 Å². The summed E-state index contributed by atoms with van der Waals surface area (Å²) in [6.45, 7) is 3.43. The van der Waals surface area contributed by atoms with Gasteiger partial charge in [-0.25, -0.2) is 0 Å². The molecule has 3 rings (SSSR count). The summed E-state index contributed by atoms with van der Waals surface area (Å²) in [6, 6.07) is 15.5. The fourth-order valence-electron chi connectivity index (χ4n) is 3.23. The molecule has 1 aliphatic heterocycles. The van der Waals surface area contributed by atoms with E-state index < -0.39 is 6.10 Å². The number of morpholine rings is 1. The van der Waals surface area contributed by atoms with Crippen molar-refractivity contribution < 1.29 is 19.3 Å². The number of hydrogen-bond acceptors (Lipinski definition) is 5. The molecule has 0 aromatic heterocycles. The number of nitrogens with zero attached hydrogens (tertiary/aromatic N) is 1. The molecule has 0 bridgehead atoms. The van der Waals surface area contributed by atoms with Gasteiger partial charge in [0.15, 0.2) is 0 Å². The van der Waals surface area contributed by atoms with E-state index in [2.05, 4.69) is 4.90 Å². The lowest BCUT2D eigenvalue weighted by atomic mass is 10.1. The molecule has 0 radical (unpaired) electrons. The van der Waals surface area contributed by atoms with Gasteiger partial charge < -0.3 is 19.3 Å². The Kier molecular flexibility index (Phi) is 7.50. The highest BCUT2D eigenvalue weighted by Gasteiger charge is 2.23. The number of β-amino-alcohol motifs (C(OH)–C–C–N with tert-alkyl or cyclic N) is 1. The molecule has 2 atom stereocenters. The number of methoxy groups -OCH3 is 1. The lowest BCUT2D eigenvalue weighted by Crippen LogP contribution is -2.43.